The number of piperidine rings is 1. The lowest BCUT2D eigenvalue weighted by molar-refractivity contribution is 0.288. The van der Waals surface area contributed by atoms with Crippen LogP contribution in [0, 0.1) is 5.41 Å². The molecule has 1 atom stereocenters. The molecule has 0 aromatic carbocycles. The molecule has 0 N–H and O–H groups in total. The highest BCUT2D eigenvalue weighted by atomic mass is 15.2. The van der Waals surface area contributed by atoms with Crippen molar-refractivity contribution in [1.29, 1.82) is 0 Å². The summed E-state index contributed by atoms with van der Waals surface area (Å²) >= 11 is 0. The second-order valence-electron chi connectivity index (χ2n) is 5.46. The maximum absolute atomic E-state index is 2.65. The van der Waals surface area contributed by atoms with Crippen LogP contribution in [-0.4, -0.2) is 18.0 Å². The quantitative estimate of drug-likeness (QED) is 0.630. The van der Waals surface area contributed by atoms with Gasteiger partial charge in [0, 0.05) is 24.2 Å². The fraction of sp³-hybridized carbons (Fsp3) is 0.714. The van der Waals surface area contributed by atoms with Gasteiger partial charge >= 0.3 is 0 Å². The first-order valence-electron chi connectivity index (χ1n) is 6.45. The van der Waals surface area contributed by atoms with E-state index in [1.54, 1.807) is 16.8 Å². The predicted octanol–water partition coefficient (Wildman–Crippen LogP) is 3.49. The summed E-state index contributed by atoms with van der Waals surface area (Å²) in [4.78, 5) is 2.65. The lowest BCUT2D eigenvalue weighted by atomic mass is 9.79. The number of hydrogen-bond donors (Lipinski definition) is 0. The molecule has 0 aromatic heterocycles. The van der Waals surface area contributed by atoms with Crippen molar-refractivity contribution in [2.24, 2.45) is 5.41 Å². The molecule has 0 aromatic rings. The summed E-state index contributed by atoms with van der Waals surface area (Å²) in [7, 11) is 0. The Bertz CT molecular complexity index is 350. The molecule has 1 unspecified atom stereocenters. The average Bonchev–Trinajstić information content (AvgIpc) is 2.56. The molecule has 1 saturated heterocycles. The van der Waals surface area contributed by atoms with E-state index in [1.165, 1.54) is 45.2 Å². The van der Waals surface area contributed by atoms with Crippen LogP contribution < -0.4 is 0 Å². The molecular weight excluding hydrogens is 182 g/mol. The van der Waals surface area contributed by atoms with Gasteiger partial charge in [-0.1, -0.05) is 19.9 Å². The van der Waals surface area contributed by atoms with Crippen LogP contribution in [0.4, 0.5) is 0 Å². The third-order valence-electron chi connectivity index (χ3n) is 4.55. The molecule has 0 spiro atoms. The predicted molar refractivity (Wildman–Crippen MR) is 63.5 cm³/mol. The van der Waals surface area contributed by atoms with Crippen LogP contribution in [-0.2, 0) is 0 Å². The van der Waals surface area contributed by atoms with Gasteiger partial charge in [0.05, 0.1) is 0 Å². The molecule has 1 heteroatoms. The van der Waals surface area contributed by atoms with Crippen molar-refractivity contribution >= 4 is 0 Å². The Morgan fingerprint density at radius 1 is 1.27 bits per heavy atom. The Labute approximate surface area is 92.8 Å². The van der Waals surface area contributed by atoms with E-state index in [-0.39, 0.29) is 0 Å². The van der Waals surface area contributed by atoms with Gasteiger partial charge in [0.25, 0.3) is 0 Å². The van der Waals surface area contributed by atoms with Gasteiger partial charge in [-0.2, -0.15) is 0 Å². The van der Waals surface area contributed by atoms with Crippen molar-refractivity contribution in [3.05, 3.63) is 22.9 Å². The number of allylic oxidation sites excluding steroid dienone is 3. The third-order valence-corrected chi connectivity index (χ3v) is 4.55. The van der Waals surface area contributed by atoms with Gasteiger partial charge in [-0.15, -0.1) is 0 Å². The lowest BCUT2D eigenvalue weighted by Crippen LogP contribution is -2.33. The maximum Gasteiger partial charge on any atom is 0.0396 e. The average molecular weight is 203 g/mol. The fourth-order valence-electron chi connectivity index (χ4n) is 3.55. The van der Waals surface area contributed by atoms with E-state index in [1.807, 2.05) is 0 Å². The molecule has 0 bridgehead atoms. The van der Waals surface area contributed by atoms with Gasteiger partial charge in [-0.25, -0.2) is 0 Å². The Kier molecular flexibility index (Phi) is 1.99. The topological polar surface area (TPSA) is 3.24 Å². The minimum Gasteiger partial charge on any atom is -0.371 e. The second kappa shape index (κ2) is 3.13. The normalized spacial score (nSPS) is 34.3. The first-order chi connectivity index (χ1) is 7.24. The van der Waals surface area contributed by atoms with Gasteiger partial charge in [-0.3, -0.25) is 0 Å². The van der Waals surface area contributed by atoms with Crippen LogP contribution in [0.5, 0.6) is 0 Å². The van der Waals surface area contributed by atoms with E-state index >= 15 is 0 Å². The third kappa shape index (κ3) is 1.22. The van der Waals surface area contributed by atoms with Gasteiger partial charge in [0.2, 0.25) is 0 Å². The van der Waals surface area contributed by atoms with Crippen LogP contribution in [0.15, 0.2) is 22.9 Å². The van der Waals surface area contributed by atoms with E-state index in [4.69, 9.17) is 0 Å². The van der Waals surface area contributed by atoms with Gasteiger partial charge < -0.3 is 4.90 Å². The second-order valence-corrected chi connectivity index (χ2v) is 5.46. The van der Waals surface area contributed by atoms with Crippen molar-refractivity contribution in [3.63, 3.8) is 0 Å². The smallest absolute Gasteiger partial charge is 0.0396 e. The Hall–Kier alpha value is -0.720. The zero-order valence-corrected chi connectivity index (χ0v) is 9.97. The van der Waals surface area contributed by atoms with E-state index < -0.39 is 0 Å². The highest BCUT2D eigenvalue weighted by Gasteiger charge is 2.39. The van der Waals surface area contributed by atoms with Crippen LogP contribution in [0.1, 0.15) is 46.0 Å². The Morgan fingerprint density at radius 3 is 2.73 bits per heavy atom. The maximum atomic E-state index is 2.65. The molecule has 1 aliphatic carbocycles. The molecule has 2 aliphatic heterocycles. The van der Waals surface area contributed by atoms with E-state index in [2.05, 4.69) is 24.8 Å². The number of nitrogens with zero attached hydrogens (tertiary/aromatic N) is 1. The van der Waals surface area contributed by atoms with Crippen LogP contribution >= 0.6 is 0 Å². The number of rotatable bonds is 1. The summed E-state index contributed by atoms with van der Waals surface area (Å²) in [6.07, 6.45) is 9.25. The summed E-state index contributed by atoms with van der Waals surface area (Å²) in [6.45, 7) is 7.37. The van der Waals surface area contributed by atoms with Gasteiger partial charge in [-0.05, 0) is 43.3 Å². The largest absolute Gasteiger partial charge is 0.371 e. The molecule has 3 rings (SSSR count). The summed E-state index contributed by atoms with van der Waals surface area (Å²) in [5.41, 5.74) is 5.48. The van der Waals surface area contributed by atoms with E-state index in [0.717, 1.165) is 0 Å². The standard InChI is InChI=1S/C14H21N/c1-3-14(2)10-11-6-4-8-15-9-5-7-12(14)13(11)15/h10H,3-9H2,1-2H3. The Morgan fingerprint density at radius 2 is 2.00 bits per heavy atom. The molecule has 15 heavy (non-hydrogen) atoms. The molecule has 2 heterocycles. The fourth-order valence-corrected chi connectivity index (χ4v) is 3.55. The highest BCUT2D eigenvalue weighted by molar-refractivity contribution is 5.49. The molecule has 0 saturated carbocycles. The van der Waals surface area contributed by atoms with E-state index in [0.29, 0.717) is 5.41 Å². The van der Waals surface area contributed by atoms with Crippen LogP contribution in [0.3, 0.4) is 0 Å². The first-order valence-corrected chi connectivity index (χ1v) is 6.45. The van der Waals surface area contributed by atoms with Gasteiger partial charge in [0.1, 0.15) is 0 Å². The summed E-state index contributed by atoms with van der Waals surface area (Å²) in [6, 6.07) is 0. The van der Waals surface area contributed by atoms with Crippen LogP contribution in [0.2, 0.25) is 0 Å². The van der Waals surface area contributed by atoms with Crippen molar-refractivity contribution in [2.45, 2.75) is 46.0 Å². The molecule has 0 radical (unpaired) electrons. The highest BCUT2D eigenvalue weighted by Crippen LogP contribution is 2.50. The Balaban J connectivity index is 2.10. The zero-order valence-electron chi connectivity index (χ0n) is 9.97. The molecule has 82 valence electrons. The minimum absolute atomic E-state index is 0.397. The lowest BCUT2D eigenvalue weighted by Gasteiger charge is -2.38. The van der Waals surface area contributed by atoms with Crippen molar-refractivity contribution in [3.8, 4) is 0 Å². The minimum atomic E-state index is 0.397. The van der Waals surface area contributed by atoms with Crippen LogP contribution in [0.25, 0.3) is 0 Å². The summed E-state index contributed by atoms with van der Waals surface area (Å²) in [5.74, 6) is 0. The monoisotopic (exact) mass is 203 g/mol. The molecule has 3 aliphatic rings. The number of hydrogen-bond acceptors (Lipinski definition) is 1. The summed E-state index contributed by atoms with van der Waals surface area (Å²) < 4.78 is 0. The van der Waals surface area contributed by atoms with Gasteiger partial charge in [0.15, 0.2) is 0 Å². The van der Waals surface area contributed by atoms with Crippen molar-refractivity contribution in [1.82, 2.24) is 4.90 Å². The zero-order chi connectivity index (χ0) is 10.5. The molecule has 0 amide bonds. The van der Waals surface area contributed by atoms with Crippen molar-refractivity contribution < 1.29 is 0 Å². The van der Waals surface area contributed by atoms with Crippen molar-refractivity contribution in [2.75, 3.05) is 13.1 Å². The SMILES string of the molecule is CCC1(C)C=C2CCCN3CCCC1=C23. The molecule has 1 fully saturated rings. The first kappa shape index (κ1) is 9.50. The molecular formula is C14H21N. The summed E-state index contributed by atoms with van der Waals surface area (Å²) in [5, 5.41) is 0. The van der Waals surface area contributed by atoms with E-state index in [9.17, 15) is 0 Å². The molecule has 1 nitrogen and oxygen atoms in total.